The molecule has 0 amide bonds. The fraction of sp³-hybridized carbons (Fsp3) is 0.500. The monoisotopic (exact) mass is 125 g/mol. The third-order valence-corrected chi connectivity index (χ3v) is 1.21. The molecule has 50 valence electrons. The van der Waals surface area contributed by atoms with Gasteiger partial charge in [-0.2, -0.15) is 0 Å². The van der Waals surface area contributed by atoms with E-state index in [1.54, 1.807) is 6.20 Å². The molecule has 3 nitrogen and oxygen atoms in total. The van der Waals surface area contributed by atoms with E-state index in [-0.39, 0.29) is 0 Å². The molecule has 0 aromatic carbocycles. The summed E-state index contributed by atoms with van der Waals surface area (Å²) >= 11 is 0. The predicted molar refractivity (Wildman–Crippen MR) is 36.9 cm³/mol. The van der Waals surface area contributed by atoms with Gasteiger partial charge in [-0.05, 0) is 6.42 Å². The van der Waals surface area contributed by atoms with E-state index < -0.39 is 0 Å². The van der Waals surface area contributed by atoms with Crippen molar-refractivity contribution in [2.75, 3.05) is 5.73 Å². The van der Waals surface area contributed by atoms with Crippen molar-refractivity contribution in [3.63, 3.8) is 0 Å². The van der Waals surface area contributed by atoms with Crippen molar-refractivity contribution in [2.24, 2.45) is 0 Å². The normalized spacial score (nSPS) is 9.89. The maximum Gasteiger partial charge on any atom is 0.200 e. The van der Waals surface area contributed by atoms with Crippen LogP contribution in [-0.4, -0.2) is 9.55 Å². The minimum atomic E-state index is 0.608. The van der Waals surface area contributed by atoms with Crippen LogP contribution in [0.15, 0.2) is 12.4 Å². The highest BCUT2D eigenvalue weighted by Gasteiger charge is 1.92. The molecule has 1 aromatic rings. The second-order valence-electron chi connectivity index (χ2n) is 1.98. The molecule has 0 unspecified atom stereocenters. The minimum Gasteiger partial charge on any atom is -0.369 e. The van der Waals surface area contributed by atoms with Gasteiger partial charge in [-0.15, -0.1) is 0 Å². The number of hydrogen-bond acceptors (Lipinski definition) is 2. The average molecular weight is 125 g/mol. The number of nitrogen functional groups attached to an aromatic ring is 1. The van der Waals surface area contributed by atoms with E-state index in [0.29, 0.717) is 5.95 Å². The number of rotatable bonds is 2. The van der Waals surface area contributed by atoms with Gasteiger partial charge in [-0.3, -0.25) is 0 Å². The van der Waals surface area contributed by atoms with Crippen molar-refractivity contribution in [3.8, 4) is 0 Å². The SMILES string of the molecule is CCCn1ccnc1N. The third kappa shape index (κ3) is 1.22. The van der Waals surface area contributed by atoms with Gasteiger partial charge < -0.3 is 10.3 Å². The Bertz CT molecular complexity index is 180. The molecule has 0 bridgehead atoms. The highest BCUT2D eigenvalue weighted by Crippen LogP contribution is 1.98. The fourth-order valence-electron chi connectivity index (χ4n) is 0.771. The van der Waals surface area contributed by atoms with Crippen molar-refractivity contribution in [3.05, 3.63) is 12.4 Å². The van der Waals surface area contributed by atoms with Crippen LogP contribution in [0, 0.1) is 0 Å². The lowest BCUT2D eigenvalue weighted by Gasteiger charge is -1.98. The number of hydrogen-bond donors (Lipinski definition) is 1. The number of anilines is 1. The first-order chi connectivity index (χ1) is 4.34. The van der Waals surface area contributed by atoms with Crippen molar-refractivity contribution in [2.45, 2.75) is 19.9 Å². The zero-order valence-corrected chi connectivity index (χ0v) is 5.54. The smallest absolute Gasteiger partial charge is 0.200 e. The molecule has 1 aromatic heterocycles. The number of aromatic nitrogens is 2. The van der Waals surface area contributed by atoms with E-state index in [1.807, 2.05) is 10.8 Å². The molecule has 0 radical (unpaired) electrons. The minimum absolute atomic E-state index is 0.608. The van der Waals surface area contributed by atoms with Crippen molar-refractivity contribution in [1.29, 1.82) is 0 Å². The predicted octanol–water partition coefficient (Wildman–Crippen LogP) is 0.875. The van der Waals surface area contributed by atoms with Crippen LogP contribution in [-0.2, 0) is 6.54 Å². The Morgan fingerprint density at radius 3 is 3.00 bits per heavy atom. The number of nitrogens with zero attached hydrogens (tertiary/aromatic N) is 2. The summed E-state index contributed by atoms with van der Waals surface area (Å²) in [6.45, 7) is 3.07. The highest BCUT2D eigenvalue weighted by molar-refractivity contribution is 5.16. The maximum absolute atomic E-state index is 5.48. The van der Waals surface area contributed by atoms with Gasteiger partial charge in [-0.1, -0.05) is 6.92 Å². The van der Waals surface area contributed by atoms with Crippen LogP contribution in [0.25, 0.3) is 0 Å². The Hall–Kier alpha value is -0.990. The summed E-state index contributed by atoms with van der Waals surface area (Å²) in [4.78, 5) is 3.88. The molecule has 3 heteroatoms. The van der Waals surface area contributed by atoms with Crippen LogP contribution >= 0.6 is 0 Å². The van der Waals surface area contributed by atoms with E-state index in [9.17, 15) is 0 Å². The molecular formula is C6H11N3. The molecular weight excluding hydrogens is 114 g/mol. The van der Waals surface area contributed by atoms with Crippen molar-refractivity contribution < 1.29 is 0 Å². The Morgan fingerprint density at radius 2 is 2.56 bits per heavy atom. The van der Waals surface area contributed by atoms with E-state index >= 15 is 0 Å². The zero-order chi connectivity index (χ0) is 6.69. The average Bonchev–Trinajstić information content (AvgIpc) is 2.18. The molecule has 1 rings (SSSR count). The van der Waals surface area contributed by atoms with Gasteiger partial charge >= 0.3 is 0 Å². The molecule has 0 aliphatic rings. The van der Waals surface area contributed by atoms with Crippen molar-refractivity contribution in [1.82, 2.24) is 9.55 Å². The second-order valence-corrected chi connectivity index (χ2v) is 1.98. The first-order valence-corrected chi connectivity index (χ1v) is 3.11. The van der Waals surface area contributed by atoms with Gasteiger partial charge in [0.1, 0.15) is 0 Å². The molecule has 0 aliphatic carbocycles. The number of aryl methyl sites for hydroxylation is 1. The van der Waals surface area contributed by atoms with Gasteiger partial charge in [0.2, 0.25) is 0 Å². The summed E-state index contributed by atoms with van der Waals surface area (Å²) in [5.41, 5.74) is 5.48. The molecule has 0 saturated carbocycles. The molecule has 0 aliphatic heterocycles. The molecule has 2 N–H and O–H groups in total. The summed E-state index contributed by atoms with van der Waals surface area (Å²) in [6.07, 6.45) is 4.70. The zero-order valence-electron chi connectivity index (χ0n) is 5.54. The largest absolute Gasteiger partial charge is 0.369 e. The van der Waals surface area contributed by atoms with Gasteiger partial charge in [0.15, 0.2) is 5.95 Å². The lowest BCUT2D eigenvalue weighted by molar-refractivity contribution is 0.688. The van der Waals surface area contributed by atoms with Gasteiger partial charge in [-0.25, -0.2) is 4.98 Å². The lowest BCUT2D eigenvalue weighted by atomic mass is 10.5. The molecule has 0 spiro atoms. The Balaban J connectivity index is 2.69. The summed E-state index contributed by atoms with van der Waals surface area (Å²) in [5.74, 6) is 0.608. The van der Waals surface area contributed by atoms with E-state index in [2.05, 4.69) is 11.9 Å². The van der Waals surface area contributed by atoms with E-state index in [1.165, 1.54) is 0 Å². The summed E-state index contributed by atoms with van der Waals surface area (Å²) in [7, 11) is 0. The van der Waals surface area contributed by atoms with Gasteiger partial charge in [0.05, 0.1) is 0 Å². The second kappa shape index (κ2) is 2.53. The lowest BCUT2D eigenvalue weighted by Crippen LogP contribution is -2.00. The highest BCUT2D eigenvalue weighted by atomic mass is 15.1. The first kappa shape index (κ1) is 6.13. The third-order valence-electron chi connectivity index (χ3n) is 1.21. The van der Waals surface area contributed by atoms with Crippen LogP contribution in [0.5, 0.6) is 0 Å². The van der Waals surface area contributed by atoms with Crippen LogP contribution in [0.3, 0.4) is 0 Å². The molecule has 1 heterocycles. The Labute approximate surface area is 54.5 Å². The number of imidazole rings is 1. The summed E-state index contributed by atoms with van der Waals surface area (Å²) in [6, 6.07) is 0. The molecule has 0 atom stereocenters. The van der Waals surface area contributed by atoms with Crippen LogP contribution in [0.4, 0.5) is 5.95 Å². The van der Waals surface area contributed by atoms with Gasteiger partial charge in [0, 0.05) is 18.9 Å². The maximum atomic E-state index is 5.48. The van der Waals surface area contributed by atoms with Crippen molar-refractivity contribution >= 4 is 5.95 Å². The Morgan fingerprint density at radius 1 is 1.78 bits per heavy atom. The Kier molecular flexibility index (Phi) is 1.72. The topological polar surface area (TPSA) is 43.8 Å². The standard InChI is InChI=1S/C6H11N3/c1-2-4-9-5-3-8-6(9)7/h3,5H,2,4H2,1H3,(H2,7,8). The van der Waals surface area contributed by atoms with Crippen LogP contribution in [0.1, 0.15) is 13.3 Å². The fourth-order valence-corrected chi connectivity index (χ4v) is 0.771. The van der Waals surface area contributed by atoms with E-state index in [4.69, 9.17) is 5.73 Å². The summed E-state index contributed by atoms with van der Waals surface area (Å²) in [5, 5.41) is 0. The summed E-state index contributed by atoms with van der Waals surface area (Å²) < 4.78 is 1.93. The van der Waals surface area contributed by atoms with E-state index in [0.717, 1.165) is 13.0 Å². The van der Waals surface area contributed by atoms with Crippen LogP contribution < -0.4 is 5.73 Å². The number of nitrogens with two attached hydrogens (primary N) is 1. The van der Waals surface area contributed by atoms with Crippen LogP contribution in [0.2, 0.25) is 0 Å². The molecule has 0 saturated heterocycles. The quantitative estimate of drug-likeness (QED) is 0.637. The molecule has 9 heavy (non-hydrogen) atoms. The molecule has 0 fully saturated rings. The first-order valence-electron chi connectivity index (χ1n) is 3.11. The van der Waals surface area contributed by atoms with Gasteiger partial charge in [0.25, 0.3) is 0 Å².